The van der Waals surface area contributed by atoms with Crippen molar-refractivity contribution in [3.8, 4) is 5.75 Å². The number of nitrogens with two attached hydrogens (primary N) is 1. The molecule has 0 aromatic heterocycles. The Labute approximate surface area is 109 Å². The summed E-state index contributed by atoms with van der Waals surface area (Å²) in [5.41, 5.74) is 2.37. The van der Waals surface area contributed by atoms with Gasteiger partial charge in [0, 0.05) is 5.92 Å². The standard InChI is InChI=1S/C13H21NO3S/c1-4-12(9-18(14,15)16)8-17-13-6-5-10(2)11(3)7-13/h5-7,12H,4,8-9H2,1-3H3,(H2,14,15,16). The first-order valence-electron chi connectivity index (χ1n) is 6.02. The molecule has 5 heteroatoms. The maximum absolute atomic E-state index is 11.0. The Hall–Kier alpha value is -1.07. The van der Waals surface area contributed by atoms with Crippen LogP contribution in [0.5, 0.6) is 5.75 Å². The van der Waals surface area contributed by atoms with Crippen LogP contribution in [0.3, 0.4) is 0 Å². The van der Waals surface area contributed by atoms with Crippen molar-refractivity contribution in [2.45, 2.75) is 27.2 Å². The number of benzene rings is 1. The van der Waals surface area contributed by atoms with E-state index in [4.69, 9.17) is 9.88 Å². The molecule has 0 aliphatic carbocycles. The molecule has 0 aliphatic rings. The summed E-state index contributed by atoms with van der Waals surface area (Å²) in [6.45, 7) is 6.35. The number of hydrogen-bond donors (Lipinski definition) is 1. The summed E-state index contributed by atoms with van der Waals surface area (Å²) in [5, 5.41) is 5.04. The topological polar surface area (TPSA) is 69.4 Å². The molecule has 102 valence electrons. The van der Waals surface area contributed by atoms with E-state index in [0.717, 1.165) is 17.7 Å². The molecule has 0 saturated carbocycles. The third-order valence-electron chi connectivity index (χ3n) is 3.01. The highest BCUT2D eigenvalue weighted by Crippen LogP contribution is 2.18. The molecule has 2 N–H and O–H groups in total. The van der Waals surface area contributed by atoms with Gasteiger partial charge in [0.05, 0.1) is 12.4 Å². The number of aryl methyl sites for hydroxylation is 2. The summed E-state index contributed by atoms with van der Waals surface area (Å²) in [6.07, 6.45) is 0.723. The Balaban J connectivity index is 2.60. The number of ether oxygens (including phenoxy) is 1. The zero-order chi connectivity index (χ0) is 13.8. The summed E-state index contributed by atoms with van der Waals surface area (Å²) in [6, 6.07) is 5.84. The lowest BCUT2D eigenvalue weighted by atomic mass is 10.1. The normalized spacial score (nSPS) is 13.3. The predicted molar refractivity (Wildman–Crippen MR) is 73.2 cm³/mol. The summed E-state index contributed by atoms with van der Waals surface area (Å²) < 4.78 is 27.7. The van der Waals surface area contributed by atoms with Gasteiger partial charge in [-0.25, -0.2) is 13.6 Å². The minimum atomic E-state index is -3.43. The van der Waals surface area contributed by atoms with E-state index in [2.05, 4.69) is 0 Å². The third kappa shape index (κ3) is 5.06. The van der Waals surface area contributed by atoms with Gasteiger partial charge in [-0.1, -0.05) is 13.0 Å². The van der Waals surface area contributed by atoms with Crippen LogP contribution in [-0.2, 0) is 10.0 Å². The zero-order valence-electron chi connectivity index (χ0n) is 11.1. The highest BCUT2D eigenvalue weighted by molar-refractivity contribution is 7.89. The number of primary sulfonamides is 1. The second-order valence-electron chi connectivity index (χ2n) is 4.66. The van der Waals surface area contributed by atoms with Crippen molar-refractivity contribution in [3.63, 3.8) is 0 Å². The van der Waals surface area contributed by atoms with Crippen molar-refractivity contribution in [3.05, 3.63) is 29.3 Å². The summed E-state index contributed by atoms with van der Waals surface area (Å²) in [7, 11) is -3.43. The Morgan fingerprint density at radius 2 is 1.94 bits per heavy atom. The fourth-order valence-corrected chi connectivity index (χ4v) is 2.62. The molecule has 0 aliphatic heterocycles. The van der Waals surface area contributed by atoms with Gasteiger partial charge in [-0.05, 0) is 43.5 Å². The van der Waals surface area contributed by atoms with E-state index in [9.17, 15) is 8.42 Å². The van der Waals surface area contributed by atoms with E-state index in [-0.39, 0.29) is 11.7 Å². The van der Waals surface area contributed by atoms with Gasteiger partial charge >= 0.3 is 0 Å². The van der Waals surface area contributed by atoms with Crippen LogP contribution in [0.2, 0.25) is 0 Å². The van der Waals surface area contributed by atoms with Crippen molar-refractivity contribution in [1.29, 1.82) is 0 Å². The average molecular weight is 271 g/mol. The first kappa shape index (κ1) is 15.0. The van der Waals surface area contributed by atoms with Gasteiger partial charge in [0.1, 0.15) is 5.75 Å². The highest BCUT2D eigenvalue weighted by Gasteiger charge is 2.14. The summed E-state index contributed by atoms with van der Waals surface area (Å²) >= 11 is 0. The second-order valence-corrected chi connectivity index (χ2v) is 6.32. The molecule has 0 saturated heterocycles. The van der Waals surface area contributed by atoms with E-state index in [1.54, 1.807) is 0 Å². The van der Waals surface area contributed by atoms with Gasteiger partial charge in [0.25, 0.3) is 0 Å². The largest absolute Gasteiger partial charge is 0.493 e. The van der Waals surface area contributed by atoms with Gasteiger partial charge in [0.15, 0.2) is 0 Å². The van der Waals surface area contributed by atoms with Crippen LogP contribution in [0.1, 0.15) is 24.5 Å². The molecule has 1 atom stereocenters. The maximum Gasteiger partial charge on any atom is 0.209 e. The second kappa shape index (κ2) is 6.20. The zero-order valence-corrected chi connectivity index (χ0v) is 12.0. The first-order chi connectivity index (χ1) is 8.31. The smallest absolute Gasteiger partial charge is 0.209 e. The summed E-state index contributed by atoms with van der Waals surface area (Å²) in [5.74, 6) is 0.668. The van der Waals surface area contributed by atoms with E-state index in [0.29, 0.717) is 6.61 Å². The van der Waals surface area contributed by atoms with Crippen LogP contribution in [0, 0.1) is 19.8 Å². The molecule has 1 unspecified atom stereocenters. The minimum Gasteiger partial charge on any atom is -0.493 e. The van der Waals surface area contributed by atoms with Crippen LogP contribution in [0.4, 0.5) is 0 Å². The van der Waals surface area contributed by atoms with Crippen LogP contribution in [0.15, 0.2) is 18.2 Å². The van der Waals surface area contributed by atoms with Crippen LogP contribution in [-0.4, -0.2) is 20.8 Å². The molecular formula is C13H21NO3S. The van der Waals surface area contributed by atoms with Gasteiger partial charge in [-0.15, -0.1) is 0 Å². The molecular weight excluding hydrogens is 250 g/mol. The Morgan fingerprint density at radius 1 is 1.28 bits per heavy atom. The molecule has 1 rings (SSSR count). The van der Waals surface area contributed by atoms with Crippen LogP contribution in [0.25, 0.3) is 0 Å². The molecule has 0 spiro atoms. The van der Waals surface area contributed by atoms with Crippen LogP contribution < -0.4 is 9.88 Å². The third-order valence-corrected chi connectivity index (χ3v) is 3.95. The minimum absolute atomic E-state index is 0.0334. The van der Waals surface area contributed by atoms with Crippen LogP contribution >= 0.6 is 0 Å². The SMILES string of the molecule is CCC(COc1ccc(C)c(C)c1)CS(N)(=O)=O. The molecule has 0 fully saturated rings. The molecule has 1 aromatic carbocycles. The summed E-state index contributed by atoms with van der Waals surface area (Å²) in [4.78, 5) is 0. The van der Waals surface area contributed by atoms with Crippen molar-refractivity contribution < 1.29 is 13.2 Å². The predicted octanol–water partition coefficient (Wildman–Crippen LogP) is 2.00. The average Bonchev–Trinajstić information content (AvgIpc) is 2.27. The molecule has 4 nitrogen and oxygen atoms in total. The Bertz CT molecular complexity index is 497. The Morgan fingerprint density at radius 3 is 2.44 bits per heavy atom. The molecule has 0 amide bonds. The van der Waals surface area contributed by atoms with E-state index in [1.165, 1.54) is 5.56 Å². The van der Waals surface area contributed by atoms with Gasteiger partial charge in [0.2, 0.25) is 10.0 Å². The molecule has 18 heavy (non-hydrogen) atoms. The van der Waals surface area contributed by atoms with Gasteiger partial charge in [-0.3, -0.25) is 0 Å². The lowest BCUT2D eigenvalue weighted by molar-refractivity contribution is 0.257. The monoisotopic (exact) mass is 271 g/mol. The lowest BCUT2D eigenvalue weighted by Crippen LogP contribution is -2.26. The van der Waals surface area contributed by atoms with Gasteiger partial charge in [-0.2, -0.15) is 0 Å². The fourth-order valence-electron chi connectivity index (χ4n) is 1.63. The lowest BCUT2D eigenvalue weighted by Gasteiger charge is -2.15. The van der Waals surface area contributed by atoms with E-state index in [1.807, 2.05) is 39.0 Å². The number of sulfonamides is 1. The number of rotatable bonds is 6. The van der Waals surface area contributed by atoms with Crippen molar-refractivity contribution in [2.24, 2.45) is 11.1 Å². The first-order valence-corrected chi connectivity index (χ1v) is 7.74. The maximum atomic E-state index is 11.0. The molecule has 0 radical (unpaired) electrons. The number of hydrogen-bond acceptors (Lipinski definition) is 3. The molecule has 0 heterocycles. The van der Waals surface area contributed by atoms with Crippen molar-refractivity contribution >= 4 is 10.0 Å². The highest BCUT2D eigenvalue weighted by atomic mass is 32.2. The van der Waals surface area contributed by atoms with Gasteiger partial charge < -0.3 is 4.74 Å². The molecule has 0 bridgehead atoms. The van der Waals surface area contributed by atoms with E-state index < -0.39 is 10.0 Å². The Kier molecular flexibility index (Phi) is 5.16. The quantitative estimate of drug-likeness (QED) is 0.860. The van der Waals surface area contributed by atoms with E-state index >= 15 is 0 Å². The fraction of sp³-hybridized carbons (Fsp3) is 0.538. The van der Waals surface area contributed by atoms with Crippen molar-refractivity contribution in [2.75, 3.05) is 12.4 Å². The van der Waals surface area contributed by atoms with Crippen molar-refractivity contribution in [1.82, 2.24) is 0 Å². The molecule has 1 aromatic rings.